The molecule has 0 spiro atoms. The van der Waals surface area contributed by atoms with E-state index in [1.54, 1.807) is 11.3 Å². The Hall–Kier alpha value is -1.26. The Bertz CT molecular complexity index is 520. The second-order valence-corrected chi connectivity index (χ2v) is 5.27. The molecule has 0 aliphatic rings. The molecule has 3 nitrogen and oxygen atoms in total. The summed E-state index contributed by atoms with van der Waals surface area (Å²) in [5.41, 5.74) is 3.21. The molecule has 18 heavy (non-hydrogen) atoms. The SMILES string of the molecule is CCNCc1sc(-c2cccc(C)n2)nc1CC. The third-order valence-electron chi connectivity index (χ3n) is 2.76. The fraction of sp³-hybridized carbons (Fsp3) is 0.429. The maximum Gasteiger partial charge on any atom is 0.142 e. The van der Waals surface area contributed by atoms with Gasteiger partial charge in [-0.25, -0.2) is 4.98 Å². The van der Waals surface area contributed by atoms with Crippen LogP contribution in [0.5, 0.6) is 0 Å². The van der Waals surface area contributed by atoms with Crippen LogP contribution in [-0.2, 0) is 13.0 Å². The summed E-state index contributed by atoms with van der Waals surface area (Å²) in [6.07, 6.45) is 0.975. The van der Waals surface area contributed by atoms with Crippen molar-refractivity contribution in [1.29, 1.82) is 0 Å². The summed E-state index contributed by atoms with van der Waals surface area (Å²) in [6.45, 7) is 8.17. The van der Waals surface area contributed by atoms with Crippen molar-refractivity contribution in [2.45, 2.75) is 33.7 Å². The highest BCUT2D eigenvalue weighted by Crippen LogP contribution is 2.27. The monoisotopic (exact) mass is 261 g/mol. The van der Waals surface area contributed by atoms with Gasteiger partial charge in [-0.2, -0.15) is 0 Å². The smallest absolute Gasteiger partial charge is 0.142 e. The third-order valence-corrected chi connectivity index (χ3v) is 3.88. The maximum absolute atomic E-state index is 4.71. The van der Waals surface area contributed by atoms with Gasteiger partial charge in [0.05, 0.1) is 11.4 Å². The van der Waals surface area contributed by atoms with Crippen LogP contribution in [0.4, 0.5) is 0 Å². The van der Waals surface area contributed by atoms with Gasteiger partial charge in [-0.05, 0) is 32.0 Å². The highest BCUT2D eigenvalue weighted by atomic mass is 32.1. The normalized spacial score (nSPS) is 10.8. The highest BCUT2D eigenvalue weighted by molar-refractivity contribution is 7.15. The van der Waals surface area contributed by atoms with E-state index in [0.29, 0.717) is 0 Å². The molecule has 0 saturated heterocycles. The van der Waals surface area contributed by atoms with Gasteiger partial charge in [-0.1, -0.05) is 19.9 Å². The van der Waals surface area contributed by atoms with E-state index in [1.165, 1.54) is 10.6 Å². The summed E-state index contributed by atoms with van der Waals surface area (Å²) in [5, 5.41) is 4.40. The molecule has 0 unspecified atom stereocenters. The van der Waals surface area contributed by atoms with E-state index in [2.05, 4.69) is 24.1 Å². The number of pyridine rings is 1. The van der Waals surface area contributed by atoms with Crippen LogP contribution < -0.4 is 5.32 Å². The van der Waals surface area contributed by atoms with Gasteiger partial charge in [0.15, 0.2) is 0 Å². The van der Waals surface area contributed by atoms with Crippen molar-refractivity contribution in [3.8, 4) is 10.7 Å². The van der Waals surface area contributed by atoms with E-state index in [1.807, 2.05) is 25.1 Å². The molecular weight excluding hydrogens is 242 g/mol. The minimum atomic E-state index is 0.906. The highest BCUT2D eigenvalue weighted by Gasteiger charge is 2.11. The molecule has 1 N–H and O–H groups in total. The van der Waals surface area contributed by atoms with E-state index in [0.717, 1.165) is 35.9 Å². The first-order valence-electron chi connectivity index (χ1n) is 6.38. The van der Waals surface area contributed by atoms with Crippen LogP contribution in [0.3, 0.4) is 0 Å². The summed E-state index contributed by atoms with van der Waals surface area (Å²) in [5.74, 6) is 0. The van der Waals surface area contributed by atoms with Crippen molar-refractivity contribution in [2.75, 3.05) is 6.54 Å². The van der Waals surface area contributed by atoms with Gasteiger partial charge in [0.1, 0.15) is 5.01 Å². The van der Waals surface area contributed by atoms with Crippen LogP contribution >= 0.6 is 11.3 Å². The molecule has 2 rings (SSSR count). The molecule has 96 valence electrons. The van der Waals surface area contributed by atoms with Crippen molar-refractivity contribution in [3.05, 3.63) is 34.5 Å². The second-order valence-electron chi connectivity index (χ2n) is 4.19. The molecule has 0 amide bonds. The molecule has 0 saturated carbocycles. The van der Waals surface area contributed by atoms with Crippen molar-refractivity contribution in [3.63, 3.8) is 0 Å². The zero-order valence-corrected chi connectivity index (χ0v) is 12.0. The number of rotatable bonds is 5. The standard InChI is InChI=1S/C14H19N3S/c1-4-11-13(9-15-5-2)18-14(17-11)12-8-6-7-10(3)16-12/h6-8,15H,4-5,9H2,1-3H3. The summed E-state index contributed by atoms with van der Waals surface area (Å²) in [7, 11) is 0. The number of nitrogens with zero attached hydrogens (tertiary/aromatic N) is 2. The van der Waals surface area contributed by atoms with Crippen LogP contribution in [-0.4, -0.2) is 16.5 Å². The van der Waals surface area contributed by atoms with Gasteiger partial charge in [0.25, 0.3) is 0 Å². The average molecular weight is 261 g/mol. The summed E-state index contributed by atoms with van der Waals surface area (Å²) in [6, 6.07) is 6.08. The van der Waals surface area contributed by atoms with E-state index in [4.69, 9.17) is 4.98 Å². The third kappa shape index (κ3) is 2.94. The lowest BCUT2D eigenvalue weighted by atomic mass is 10.3. The molecule has 0 radical (unpaired) electrons. The lowest BCUT2D eigenvalue weighted by Gasteiger charge is -1.99. The van der Waals surface area contributed by atoms with Gasteiger partial charge in [-0.15, -0.1) is 11.3 Å². The summed E-state index contributed by atoms with van der Waals surface area (Å²) < 4.78 is 0. The van der Waals surface area contributed by atoms with Crippen LogP contribution in [0.2, 0.25) is 0 Å². The fourth-order valence-corrected chi connectivity index (χ4v) is 2.90. The van der Waals surface area contributed by atoms with Crippen LogP contribution in [0.15, 0.2) is 18.2 Å². The van der Waals surface area contributed by atoms with E-state index >= 15 is 0 Å². The predicted molar refractivity (Wildman–Crippen MR) is 76.8 cm³/mol. The topological polar surface area (TPSA) is 37.8 Å². The van der Waals surface area contributed by atoms with E-state index in [-0.39, 0.29) is 0 Å². The Morgan fingerprint density at radius 2 is 2.06 bits per heavy atom. The van der Waals surface area contributed by atoms with Crippen molar-refractivity contribution < 1.29 is 0 Å². The number of aromatic nitrogens is 2. The zero-order valence-electron chi connectivity index (χ0n) is 11.2. The van der Waals surface area contributed by atoms with E-state index in [9.17, 15) is 0 Å². The molecule has 2 heterocycles. The molecule has 0 fully saturated rings. The Morgan fingerprint density at radius 1 is 1.22 bits per heavy atom. The molecule has 2 aromatic rings. The first kappa shape index (κ1) is 13.2. The maximum atomic E-state index is 4.71. The lowest BCUT2D eigenvalue weighted by molar-refractivity contribution is 0.727. The Kier molecular flexibility index (Phi) is 4.44. The summed E-state index contributed by atoms with van der Waals surface area (Å²) >= 11 is 1.75. The molecule has 0 aromatic carbocycles. The number of nitrogens with one attached hydrogen (secondary N) is 1. The summed E-state index contributed by atoms with van der Waals surface area (Å²) in [4.78, 5) is 10.6. The number of aryl methyl sites for hydroxylation is 2. The van der Waals surface area contributed by atoms with Crippen molar-refractivity contribution in [2.24, 2.45) is 0 Å². The van der Waals surface area contributed by atoms with Crippen LogP contribution in [0, 0.1) is 6.92 Å². The van der Waals surface area contributed by atoms with Crippen molar-refractivity contribution in [1.82, 2.24) is 15.3 Å². The first-order chi connectivity index (χ1) is 8.74. The van der Waals surface area contributed by atoms with Gasteiger partial charge in [-0.3, -0.25) is 4.98 Å². The Balaban J connectivity index is 2.31. The number of thiazole rings is 1. The quantitative estimate of drug-likeness (QED) is 0.898. The fourth-order valence-electron chi connectivity index (χ4n) is 1.81. The van der Waals surface area contributed by atoms with Crippen molar-refractivity contribution >= 4 is 11.3 Å². The molecule has 2 aromatic heterocycles. The molecule has 0 bridgehead atoms. The molecule has 0 atom stereocenters. The number of hydrogen-bond acceptors (Lipinski definition) is 4. The Morgan fingerprint density at radius 3 is 2.72 bits per heavy atom. The molecule has 0 aliphatic carbocycles. The van der Waals surface area contributed by atoms with Gasteiger partial charge in [0.2, 0.25) is 0 Å². The van der Waals surface area contributed by atoms with Gasteiger partial charge >= 0.3 is 0 Å². The largest absolute Gasteiger partial charge is 0.312 e. The predicted octanol–water partition coefficient (Wildman–Crippen LogP) is 3.19. The molecule has 0 aliphatic heterocycles. The van der Waals surface area contributed by atoms with Gasteiger partial charge in [0, 0.05) is 17.1 Å². The van der Waals surface area contributed by atoms with Gasteiger partial charge < -0.3 is 5.32 Å². The number of hydrogen-bond donors (Lipinski definition) is 1. The molecule has 4 heteroatoms. The second kappa shape index (κ2) is 6.07. The Labute approximate surface area is 112 Å². The van der Waals surface area contributed by atoms with Crippen LogP contribution in [0.1, 0.15) is 30.1 Å². The minimum Gasteiger partial charge on any atom is -0.312 e. The van der Waals surface area contributed by atoms with E-state index < -0.39 is 0 Å². The zero-order chi connectivity index (χ0) is 13.0. The average Bonchev–Trinajstić information content (AvgIpc) is 2.79. The lowest BCUT2D eigenvalue weighted by Crippen LogP contribution is -2.11. The molecular formula is C14H19N3S. The first-order valence-corrected chi connectivity index (χ1v) is 7.19. The van der Waals surface area contributed by atoms with Crippen LogP contribution in [0.25, 0.3) is 10.7 Å². The minimum absolute atomic E-state index is 0.906.